The molecule has 1 atom stereocenters. The number of carbonyl (C=O) groups is 2. The van der Waals surface area contributed by atoms with Crippen molar-refractivity contribution >= 4 is 11.9 Å². The minimum absolute atomic E-state index is 0.0237. The Morgan fingerprint density at radius 2 is 1.36 bits per heavy atom. The van der Waals surface area contributed by atoms with Crippen LogP contribution in [0.15, 0.2) is 97.1 Å². The molecule has 5 rings (SSSR count). The van der Waals surface area contributed by atoms with Crippen LogP contribution in [0.2, 0.25) is 0 Å². The van der Waals surface area contributed by atoms with Gasteiger partial charge in [0.05, 0.1) is 5.56 Å². The van der Waals surface area contributed by atoms with Crippen LogP contribution in [0.5, 0.6) is 11.5 Å². The van der Waals surface area contributed by atoms with E-state index in [9.17, 15) is 9.59 Å². The molecule has 0 heterocycles. The monoisotopic (exact) mass is 562 g/mol. The second-order valence-electron chi connectivity index (χ2n) is 12.4. The maximum absolute atomic E-state index is 13.7. The highest BCUT2D eigenvalue weighted by atomic mass is 16.6. The molecule has 0 bridgehead atoms. The maximum atomic E-state index is 13.7. The molecule has 0 amide bonds. The predicted molar refractivity (Wildman–Crippen MR) is 164 cm³/mol. The molecule has 0 aromatic heterocycles. The Hall–Kier alpha value is -4.38. The lowest BCUT2D eigenvalue weighted by molar-refractivity contribution is -0.142. The van der Waals surface area contributed by atoms with E-state index in [1.807, 2.05) is 67.6 Å². The Kier molecular flexibility index (Phi) is 8.22. The number of carbonyl (C=O) groups excluding carboxylic acids is 2. The number of aryl methyl sites for hydroxylation is 1. The fraction of sp³-hybridized carbons (Fsp3) is 0.297. The molecule has 1 aliphatic carbocycles. The SMILES string of the molecule is Cc1ccc(OC(C(=O)Oc2ccc(C(=O)OCc3ccccc3)cc2)c2ccc3c(c2)C(C)(C)CCC3(C)C)cc1. The molecule has 0 saturated carbocycles. The zero-order valence-electron chi connectivity index (χ0n) is 25.0. The van der Waals surface area contributed by atoms with Crippen molar-refractivity contribution in [3.63, 3.8) is 0 Å². The largest absolute Gasteiger partial charge is 0.474 e. The van der Waals surface area contributed by atoms with Crippen LogP contribution in [0.4, 0.5) is 0 Å². The zero-order valence-corrected chi connectivity index (χ0v) is 25.0. The Bertz CT molecular complexity index is 1550. The number of fused-ring (bicyclic) bond motifs is 1. The average Bonchev–Trinajstić information content (AvgIpc) is 2.98. The smallest absolute Gasteiger partial charge is 0.357 e. The summed E-state index contributed by atoms with van der Waals surface area (Å²) < 4.78 is 17.5. The summed E-state index contributed by atoms with van der Waals surface area (Å²) in [5.74, 6) is -0.0902. The zero-order chi connectivity index (χ0) is 29.9. The number of rotatable bonds is 8. The molecule has 0 radical (unpaired) electrons. The summed E-state index contributed by atoms with van der Waals surface area (Å²) in [4.78, 5) is 26.2. The summed E-state index contributed by atoms with van der Waals surface area (Å²) in [5, 5.41) is 0. The van der Waals surface area contributed by atoms with Gasteiger partial charge in [0.15, 0.2) is 0 Å². The molecule has 1 unspecified atom stereocenters. The Balaban J connectivity index is 1.37. The van der Waals surface area contributed by atoms with Gasteiger partial charge < -0.3 is 14.2 Å². The van der Waals surface area contributed by atoms with Gasteiger partial charge in [-0.05, 0) is 83.7 Å². The lowest BCUT2D eigenvalue weighted by Crippen LogP contribution is -2.34. The molecular weight excluding hydrogens is 524 g/mol. The third-order valence-electron chi connectivity index (χ3n) is 8.19. The quantitative estimate of drug-likeness (QED) is 0.159. The summed E-state index contributed by atoms with van der Waals surface area (Å²) in [5.41, 5.74) is 5.70. The van der Waals surface area contributed by atoms with Gasteiger partial charge in [-0.1, -0.05) is 93.9 Å². The molecule has 5 nitrogen and oxygen atoms in total. The van der Waals surface area contributed by atoms with Crippen molar-refractivity contribution in [2.45, 2.75) is 71.0 Å². The highest BCUT2D eigenvalue weighted by molar-refractivity contribution is 5.89. The topological polar surface area (TPSA) is 61.8 Å². The van der Waals surface area contributed by atoms with Crippen molar-refractivity contribution in [2.75, 3.05) is 0 Å². The summed E-state index contributed by atoms with van der Waals surface area (Å²) in [6.07, 6.45) is 1.19. The second kappa shape index (κ2) is 11.8. The van der Waals surface area contributed by atoms with Crippen molar-refractivity contribution in [2.24, 2.45) is 0 Å². The van der Waals surface area contributed by atoms with Crippen LogP contribution in [-0.2, 0) is 27.0 Å². The van der Waals surface area contributed by atoms with E-state index >= 15 is 0 Å². The van der Waals surface area contributed by atoms with Crippen molar-refractivity contribution in [3.8, 4) is 11.5 Å². The fourth-order valence-electron chi connectivity index (χ4n) is 5.41. The molecule has 0 N–H and O–H groups in total. The molecule has 5 heteroatoms. The average molecular weight is 563 g/mol. The van der Waals surface area contributed by atoms with E-state index in [0.717, 1.165) is 29.5 Å². The Morgan fingerprint density at radius 1 is 0.738 bits per heavy atom. The third-order valence-corrected chi connectivity index (χ3v) is 8.19. The molecule has 0 spiro atoms. The standard InChI is InChI=1S/C37H38O5/c1-25-11-16-29(17-12-25)41-33(28-15-20-31-32(23-28)37(4,5)22-21-36(31,2)3)35(39)42-30-18-13-27(14-19-30)34(38)40-24-26-9-7-6-8-10-26/h6-20,23,33H,21-22,24H2,1-5H3. The first-order valence-corrected chi connectivity index (χ1v) is 14.4. The first-order chi connectivity index (χ1) is 20.0. The van der Waals surface area contributed by atoms with Gasteiger partial charge in [-0.15, -0.1) is 0 Å². The van der Waals surface area contributed by atoms with Crippen molar-refractivity contribution < 1.29 is 23.8 Å². The molecule has 0 saturated heterocycles. The minimum atomic E-state index is -0.977. The van der Waals surface area contributed by atoms with Crippen molar-refractivity contribution in [1.82, 2.24) is 0 Å². The first-order valence-electron chi connectivity index (χ1n) is 14.4. The molecular formula is C37H38O5. The number of hydrogen-bond acceptors (Lipinski definition) is 5. The number of benzene rings is 4. The van der Waals surface area contributed by atoms with Gasteiger partial charge in [0.1, 0.15) is 18.1 Å². The van der Waals surface area contributed by atoms with E-state index in [4.69, 9.17) is 14.2 Å². The molecule has 42 heavy (non-hydrogen) atoms. The van der Waals surface area contributed by atoms with E-state index in [1.54, 1.807) is 24.3 Å². The van der Waals surface area contributed by atoms with E-state index in [2.05, 4.69) is 39.8 Å². The van der Waals surface area contributed by atoms with Gasteiger partial charge in [0.2, 0.25) is 6.10 Å². The molecule has 1 aliphatic rings. The van der Waals surface area contributed by atoms with Crippen LogP contribution >= 0.6 is 0 Å². The van der Waals surface area contributed by atoms with Gasteiger partial charge in [-0.25, -0.2) is 9.59 Å². The highest BCUT2D eigenvalue weighted by Gasteiger charge is 2.38. The van der Waals surface area contributed by atoms with Crippen molar-refractivity contribution in [3.05, 3.63) is 130 Å². The molecule has 4 aromatic carbocycles. The normalized spacial score (nSPS) is 15.6. The lowest BCUT2D eigenvalue weighted by atomic mass is 9.63. The predicted octanol–water partition coefficient (Wildman–Crippen LogP) is 8.43. The van der Waals surface area contributed by atoms with E-state index in [-0.39, 0.29) is 17.4 Å². The van der Waals surface area contributed by atoms with E-state index < -0.39 is 18.0 Å². The van der Waals surface area contributed by atoms with Gasteiger partial charge in [0.25, 0.3) is 0 Å². The summed E-state index contributed by atoms with van der Waals surface area (Å²) in [6.45, 7) is 11.2. The van der Waals surface area contributed by atoms with Crippen LogP contribution in [-0.4, -0.2) is 11.9 Å². The Labute approximate surface area is 248 Å². The highest BCUT2D eigenvalue weighted by Crippen LogP contribution is 2.46. The van der Waals surface area contributed by atoms with Crippen molar-refractivity contribution in [1.29, 1.82) is 0 Å². The summed E-state index contributed by atoms with van der Waals surface area (Å²) in [7, 11) is 0. The van der Waals surface area contributed by atoms with Gasteiger partial charge in [-0.3, -0.25) is 0 Å². The second-order valence-corrected chi connectivity index (χ2v) is 12.4. The molecule has 216 valence electrons. The van der Waals surface area contributed by atoms with Crippen LogP contribution in [0.3, 0.4) is 0 Å². The third kappa shape index (κ3) is 6.57. The Morgan fingerprint density at radius 3 is 2.02 bits per heavy atom. The van der Waals surface area contributed by atoms with Crippen LogP contribution in [0, 0.1) is 6.92 Å². The maximum Gasteiger partial charge on any atom is 0.357 e. The first kappa shape index (κ1) is 29.1. The number of esters is 2. The molecule has 0 aliphatic heterocycles. The fourth-order valence-corrected chi connectivity index (χ4v) is 5.41. The lowest BCUT2D eigenvalue weighted by Gasteiger charge is -2.42. The van der Waals surface area contributed by atoms with Gasteiger partial charge in [0, 0.05) is 5.56 Å². The van der Waals surface area contributed by atoms with E-state index in [1.165, 1.54) is 11.1 Å². The molecule has 0 fully saturated rings. The number of ether oxygens (including phenoxy) is 3. The number of hydrogen-bond donors (Lipinski definition) is 0. The van der Waals surface area contributed by atoms with Crippen LogP contribution in [0.25, 0.3) is 0 Å². The molecule has 4 aromatic rings. The van der Waals surface area contributed by atoms with E-state index in [0.29, 0.717) is 17.1 Å². The minimum Gasteiger partial charge on any atom is -0.474 e. The van der Waals surface area contributed by atoms with Gasteiger partial charge >= 0.3 is 11.9 Å². The summed E-state index contributed by atoms with van der Waals surface area (Å²) >= 11 is 0. The van der Waals surface area contributed by atoms with Crippen LogP contribution < -0.4 is 9.47 Å². The van der Waals surface area contributed by atoms with Crippen LogP contribution in [0.1, 0.15) is 84.8 Å². The van der Waals surface area contributed by atoms with Gasteiger partial charge in [-0.2, -0.15) is 0 Å². The summed E-state index contributed by atoms with van der Waals surface area (Å²) in [6, 6.07) is 29.7.